The molecule has 1 rings (SSSR count). The van der Waals surface area contributed by atoms with E-state index in [0.717, 1.165) is 4.47 Å². The van der Waals surface area contributed by atoms with Gasteiger partial charge in [0.1, 0.15) is 5.67 Å². The summed E-state index contributed by atoms with van der Waals surface area (Å²) in [5, 5.41) is 0. The Balaban J connectivity index is 3.10. The fourth-order valence-electron chi connectivity index (χ4n) is 1.13. The third kappa shape index (κ3) is 2.15. The van der Waals surface area contributed by atoms with Crippen molar-refractivity contribution in [1.82, 2.24) is 0 Å². The fourth-order valence-corrected chi connectivity index (χ4v) is 1.40. The Morgan fingerprint density at radius 3 is 1.93 bits per heavy atom. The summed E-state index contributed by atoms with van der Waals surface area (Å²) < 4.78 is 15.3. The van der Waals surface area contributed by atoms with Crippen molar-refractivity contribution >= 4 is 15.9 Å². The SMILES string of the molecule is CC(C)(N)C(C)(F)c1ccc(Br)cc1. The number of alkyl halides is 1. The Morgan fingerprint density at radius 1 is 1.14 bits per heavy atom. The molecule has 3 heteroatoms. The summed E-state index contributed by atoms with van der Waals surface area (Å²) in [7, 11) is 0. The van der Waals surface area contributed by atoms with Crippen LogP contribution in [0.15, 0.2) is 28.7 Å². The first-order valence-corrected chi connectivity index (χ1v) is 5.28. The maximum Gasteiger partial charge on any atom is 0.150 e. The van der Waals surface area contributed by atoms with E-state index in [1.807, 2.05) is 12.1 Å². The van der Waals surface area contributed by atoms with Crippen molar-refractivity contribution in [3.8, 4) is 0 Å². The van der Waals surface area contributed by atoms with Gasteiger partial charge in [0.25, 0.3) is 0 Å². The average molecular weight is 260 g/mol. The van der Waals surface area contributed by atoms with E-state index in [1.165, 1.54) is 6.92 Å². The van der Waals surface area contributed by atoms with Gasteiger partial charge in [0.15, 0.2) is 0 Å². The largest absolute Gasteiger partial charge is 0.323 e. The molecule has 0 aliphatic carbocycles. The molecule has 0 amide bonds. The molecule has 1 atom stereocenters. The maximum absolute atomic E-state index is 14.3. The van der Waals surface area contributed by atoms with Gasteiger partial charge in [0.2, 0.25) is 0 Å². The molecule has 0 saturated carbocycles. The van der Waals surface area contributed by atoms with Crippen LogP contribution in [0.1, 0.15) is 26.3 Å². The van der Waals surface area contributed by atoms with Crippen molar-refractivity contribution in [1.29, 1.82) is 0 Å². The van der Waals surface area contributed by atoms with Gasteiger partial charge < -0.3 is 5.73 Å². The lowest BCUT2D eigenvalue weighted by molar-refractivity contribution is 0.0955. The molecule has 0 bridgehead atoms. The number of benzene rings is 1. The summed E-state index contributed by atoms with van der Waals surface area (Å²) in [6.07, 6.45) is 0. The molecule has 1 unspecified atom stereocenters. The second kappa shape index (κ2) is 3.63. The van der Waals surface area contributed by atoms with Gasteiger partial charge >= 0.3 is 0 Å². The predicted octanol–water partition coefficient (Wildman–Crippen LogP) is 3.37. The maximum atomic E-state index is 14.3. The number of rotatable bonds is 2. The number of hydrogen-bond acceptors (Lipinski definition) is 1. The van der Waals surface area contributed by atoms with Crippen LogP contribution in [0.4, 0.5) is 4.39 Å². The lowest BCUT2D eigenvalue weighted by atomic mass is 9.81. The van der Waals surface area contributed by atoms with Gasteiger partial charge in [-0.25, -0.2) is 4.39 Å². The summed E-state index contributed by atoms with van der Waals surface area (Å²) >= 11 is 3.31. The van der Waals surface area contributed by atoms with E-state index in [1.54, 1.807) is 26.0 Å². The lowest BCUT2D eigenvalue weighted by Gasteiger charge is -2.34. The van der Waals surface area contributed by atoms with Crippen molar-refractivity contribution in [2.45, 2.75) is 32.0 Å². The van der Waals surface area contributed by atoms with Crippen LogP contribution in [0.2, 0.25) is 0 Å². The van der Waals surface area contributed by atoms with Crippen LogP contribution >= 0.6 is 15.9 Å². The van der Waals surface area contributed by atoms with Crippen molar-refractivity contribution in [3.05, 3.63) is 34.3 Å². The van der Waals surface area contributed by atoms with E-state index in [-0.39, 0.29) is 0 Å². The number of nitrogens with two attached hydrogens (primary N) is 1. The Kier molecular flexibility index (Phi) is 3.02. The Labute approximate surface area is 92.6 Å². The number of hydrogen-bond donors (Lipinski definition) is 1. The second-order valence-electron chi connectivity index (χ2n) is 4.23. The van der Waals surface area contributed by atoms with E-state index >= 15 is 0 Å². The summed E-state index contributed by atoms with van der Waals surface area (Å²) in [4.78, 5) is 0. The molecule has 0 aromatic heterocycles. The molecule has 0 spiro atoms. The molecule has 1 nitrogen and oxygen atoms in total. The molecule has 78 valence electrons. The van der Waals surface area contributed by atoms with Crippen LogP contribution in [-0.2, 0) is 5.67 Å². The first kappa shape index (κ1) is 11.7. The van der Waals surface area contributed by atoms with Crippen molar-refractivity contribution < 1.29 is 4.39 Å². The molecule has 14 heavy (non-hydrogen) atoms. The average Bonchev–Trinajstić information content (AvgIpc) is 2.03. The molecular formula is C11H15BrFN. The van der Waals surface area contributed by atoms with Crippen molar-refractivity contribution in [2.75, 3.05) is 0 Å². The second-order valence-corrected chi connectivity index (χ2v) is 5.15. The summed E-state index contributed by atoms with van der Waals surface area (Å²) in [5.74, 6) is 0. The highest BCUT2D eigenvalue weighted by Gasteiger charge is 2.39. The van der Waals surface area contributed by atoms with Gasteiger partial charge in [-0.1, -0.05) is 28.1 Å². The van der Waals surface area contributed by atoms with E-state index in [4.69, 9.17) is 5.73 Å². The molecule has 0 aliphatic heterocycles. The molecule has 0 saturated heterocycles. The summed E-state index contributed by atoms with van der Waals surface area (Å²) in [6, 6.07) is 7.13. The van der Waals surface area contributed by atoms with Crippen LogP contribution in [0, 0.1) is 0 Å². The third-order valence-corrected chi connectivity index (χ3v) is 3.13. The van der Waals surface area contributed by atoms with Crippen LogP contribution in [0.5, 0.6) is 0 Å². The van der Waals surface area contributed by atoms with Gasteiger partial charge in [-0.15, -0.1) is 0 Å². The standard InChI is InChI=1S/C11H15BrFN/c1-10(2,14)11(3,13)8-4-6-9(12)7-5-8/h4-7H,14H2,1-3H3. The van der Waals surface area contributed by atoms with Gasteiger partial charge in [0, 0.05) is 10.0 Å². The minimum absolute atomic E-state index is 0.605. The van der Waals surface area contributed by atoms with E-state index in [2.05, 4.69) is 15.9 Å². The Morgan fingerprint density at radius 2 is 1.57 bits per heavy atom. The molecule has 0 aliphatic rings. The van der Waals surface area contributed by atoms with Gasteiger partial charge in [0.05, 0.1) is 0 Å². The number of halogens is 2. The van der Waals surface area contributed by atoms with Gasteiger partial charge in [-0.3, -0.25) is 0 Å². The Bertz CT molecular complexity index is 311. The van der Waals surface area contributed by atoms with Crippen molar-refractivity contribution in [2.24, 2.45) is 5.73 Å². The Hall–Kier alpha value is -0.410. The van der Waals surface area contributed by atoms with Crippen LogP contribution in [-0.4, -0.2) is 5.54 Å². The van der Waals surface area contributed by atoms with Gasteiger partial charge in [-0.05, 0) is 38.5 Å². The van der Waals surface area contributed by atoms with E-state index in [9.17, 15) is 4.39 Å². The molecular weight excluding hydrogens is 245 g/mol. The molecule has 0 radical (unpaired) electrons. The first-order chi connectivity index (χ1) is 6.25. The molecule has 2 N–H and O–H groups in total. The molecule has 0 fully saturated rings. The third-order valence-electron chi connectivity index (χ3n) is 2.60. The topological polar surface area (TPSA) is 26.0 Å². The zero-order valence-electron chi connectivity index (χ0n) is 8.64. The monoisotopic (exact) mass is 259 g/mol. The molecule has 1 aromatic carbocycles. The quantitative estimate of drug-likeness (QED) is 0.866. The molecule has 1 aromatic rings. The zero-order chi connectivity index (χ0) is 11.0. The highest BCUT2D eigenvalue weighted by atomic mass is 79.9. The predicted molar refractivity (Wildman–Crippen MR) is 60.9 cm³/mol. The minimum atomic E-state index is -1.52. The lowest BCUT2D eigenvalue weighted by Crippen LogP contribution is -2.49. The van der Waals surface area contributed by atoms with Crippen molar-refractivity contribution in [3.63, 3.8) is 0 Å². The van der Waals surface area contributed by atoms with Gasteiger partial charge in [-0.2, -0.15) is 0 Å². The minimum Gasteiger partial charge on any atom is -0.323 e. The smallest absolute Gasteiger partial charge is 0.150 e. The highest BCUT2D eigenvalue weighted by molar-refractivity contribution is 9.10. The fraction of sp³-hybridized carbons (Fsp3) is 0.455. The highest BCUT2D eigenvalue weighted by Crippen LogP contribution is 2.35. The zero-order valence-corrected chi connectivity index (χ0v) is 10.2. The van der Waals surface area contributed by atoms with Crippen LogP contribution in [0.3, 0.4) is 0 Å². The summed E-state index contributed by atoms with van der Waals surface area (Å²) in [5.41, 5.74) is 3.99. The van der Waals surface area contributed by atoms with Crippen LogP contribution in [0.25, 0.3) is 0 Å². The summed E-state index contributed by atoms with van der Waals surface area (Å²) in [6.45, 7) is 4.89. The first-order valence-electron chi connectivity index (χ1n) is 4.49. The molecule has 0 heterocycles. The van der Waals surface area contributed by atoms with E-state index < -0.39 is 11.2 Å². The van der Waals surface area contributed by atoms with Crippen LogP contribution < -0.4 is 5.73 Å². The van der Waals surface area contributed by atoms with E-state index in [0.29, 0.717) is 5.56 Å². The normalized spacial score (nSPS) is 16.4.